The lowest BCUT2D eigenvalue weighted by Crippen LogP contribution is -2.30. The van der Waals surface area contributed by atoms with E-state index < -0.39 is 6.10 Å². The number of ether oxygens (including phenoxy) is 3. The highest BCUT2D eigenvalue weighted by Crippen LogP contribution is 2.12. The van der Waals surface area contributed by atoms with E-state index in [0.717, 1.165) is 103 Å². The fourth-order valence-corrected chi connectivity index (χ4v) is 6.13. The zero-order valence-corrected chi connectivity index (χ0v) is 39.6. The molecule has 6 heteroatoms. The average molecular weight is 857 g/mol. The number of allylic oxidation sites excluding steroid dienone is 20. The van der Waals surface area contributed by atoms with Gasteiger partial charge in [-0.15, -0.1) is 0 Å². The third kappa shape index (κ3) is 46.9. The molecule has 0 amide bonds. The zero-order valence-electron chi connectivity index (χ0n) is 39.6. The van der Waals surface area contributed by atoms with E-state index in [2.05, 4.69) is 106 Å². The van der Waals surface area contributed by atoms with Crippen LogP contribution in [0.4, 0.5) is 0 Å². The van der Waals surface area contributed by atoms with E-state index >= 15 is 0 Å². The fraction of sp³-hybridized carbons (Fsp3) is 0.589. The van der Waals surface area contributed by atoms with Crippen molar-refractivity contribution >= 4 is 17.9 Å². The summed E-state index contributed by atoms with van der Waals surface area (Å²) in [6, 6.07) is 0. The Balaban J connectivity index is 4.56. The molecule has 62 heavy (non-hydrogen) atoms. The van der Waals surface area contributed by atoms with Gasteiger partial charge in [0.25, 0.3) is 0 Å². The van der Waals surface area contributed by atoms with Crippen molar-refractivity contribution in [1.29, 1.82) is 0 Å². The molecule has 6 nitrogen and oxygen atoms in total. The normalized spacial score (nSPS) is 13.1. The summed E-state index contributed by atoms with van der Waals surface area (Å²) in [5, 5.41) is 0. The summed E-state index contributed by atoms with van der Waals surface area (Å²) in [5.74, 6) is -1.03. The van der Waals surface area contributed by atoms with Crippen molar-refractivity contribution in [3.05, 3.63) is 122 Å². The Morgan fingerprint density at radius 2 is 0.726 bits per heavy atom. The molecule has 0 spiro atoms. The molecule has 0 N–H and O–H groups in total. The fourth-order valence-electron chi connectivity index (χ4n) is 6.13. The zero-order chi connectivity index (χ0) is 45.1. The Kier molecular flexibility index (Phi) is 46.1. The van der Waals surface area contributed by atoms with Crippen molar-refractivity contribution in [2.45, 2.75) is 200 Å². The van der Waals surface area contributed by atoms with Crippen LogP contribution in [0.25, 0.3) is 0 Å². The van der Waals surface area contributed by atoms with E-state index in [4.69, 9.17) is 14.2 Å². The van der Waals surface area contributed by atoms with Gasteiger partial charge in [0.15, 0.2) is 6.10 Å². The van der Waals surface area contributed by atoms with Crippen LogP contribution in [0.5, 0.6) is 0 Å². The molecule has 0 rings (SSSR count). The number of carbonyl (C=O) groups excluding carboxylic acids is 3. The van der Waals surface area contributed by atoms with E-state index in [1.54, 1.807) is 0 Å². The minimum Gasteiger partial charge on any atom is -0.462 e. The van der Waals surface area contributed by atoms with Crippen LogP contribution in [0, 0.1) is 0 Å². The van der Waals surface area contributed by atoms with Gasteiger partial charge in [-0.1, -0.05) is 194 Å². The van der Waals surface area contributed by atoms with Gasteiger partial charge >= 0.3 is 17.9 Å². The molecule has 0 aliphatic rings. The summed E-state index contributed by atoms with van der Waals surface area (Å²) in [5.41, 5.74) is 0. The SMILES string of the molecule is CC/C=C/C=C/C=C/C=C/CCCCCC(=O)OCC(COC(=O)CCC/C=C/C/C=C/C/C=C/C/C=C/CCCCC)OC(=O)CCCCCCCCC/C=C/C/C=C/CC. The molecule has 0 aromatic rings. The van der Waals surface area contributed by atoms with Gasteiger partial charge in [0.1, 0.15) is 13.2 Å². The lowest BCUT2D eigenvalue weighted by atomic mass is 10.1. The van der Waals surface area contributed by atoms with Crippen LogP contribution in [0.15, 0.2) is 122 Å². The van der Waals surface area contributed by atoms with Gasteiger partial charge < -0.3 is 14.2 Å². The lowest BCUT2D eigenvalue weighted by Gasteiger charge is -2.18. The minimum atomic E-state index is -0.823. The van der Waals surface area contributed by atoms with E-state index in [-0.39, 0.29) is 37.5 Å². The maximum absolute atomic E-state index is 12.8. The van der Waals surface area contributed by atoms with Gasteiger partial charge in [0.2, 0.25) is 0 Å². The van der Waals surface area contributed by atoms with Gasteiger partial charge in [0.05, 0.1) is 0 Å². The van der Waals surface area contributed by atoms with Crippen molar-refractivity contribution in [3.63, 3.8) is 0 Å². The molecule has 0 fully saturated rings. The third-order valence-corrected chi connectivity index (χ3v) is 9.78. The number of carbonyl (C=O) groups is 3. The quantitative estimate of drug-likeness (QED) is 0.0200. The molecular formula is C56H88O6. The highest BCUT2D eigenvalue weighted by atomic mass is 16.6. The van der Waals surface area contributed by atoms with E-state index in [1.165, 1.54) is 44.9 Å². The Morgan fingerprint density at radius 1 is 0.355 bits per heavy atom. The molecule has 0 radical (unpaired) electrons. The average Bonchev–Trinajstić information content (AvgIpc) is 3.27. The highest BCUT2D eigenvalue weighted by Gasteiger charge is 2.19. The summed E-state index contributed by atoms with van der Waals surface area (Å²) in [6.45, 7) is 6.25. The summed E-state index contributed by atoms with van der Waals surface area (Å²) in [7, 11) is 0. The molecule has 0 aliphatic heterocycles. The van der Waals surface area contributed by atoms with Crippen molar-refractivity contribution in [2.24, 2.45) is 0 Å². The van der Waals surface area contributed by atoms with Crippen LogP contribution < -0.4 is 0 Å². The number of rotatable bonds is 42. The van der Waals surface area contributed by atoms with Gasteiger partial charge in [-0.3, -0.25) is 14.4 Å². The number of hydrogen-bond acceptors (Lipinski definition) is 6. The van der Waals surface area contributed by atoms with E-state index in [0.29, 0.717) is 19.3 Å². The van der Waals surface area contributed by atoms with Crippen LogP contribution in [-0.4, -0.2) is 37.2 Å². The Labute approximate surface area is 380 Å². The van der Waals surface area contributed by atoms with E-state index in [9.17, 15) is 14.4 Å². The van der Waals surface area contributed by atoms with Crippen LogP contribution in [-0.2, 0) is 28.6 Å². The monoisotopic (exact) mass is 857 g/mol. The van der Waals surface area contributed by atoms with Crippen LogP contribution in [0.1, 0.15) is 194 Å². The molecule has 1 atom stereocenters. The van der Waals surface area contributed by atoms with Gasteiger partial charge in [-0.05, 0) is 103 Å². The molecule has 0 bridgehead atoms. The van der Waals surface area contributed by atoms with E-state index in [1.807, 2.05) is 36.5 Å². The highest BCUT2D eigenvalue weighted by molar-refractivity contribution is 5.71. The van der Waals surface area contributed by atoms with Crippen LogP contribution in [0.2, 0.25) is 0 Å². The molecule has 0 aromatic carbocycles. The predicted molar refractivity (Wildman–Crippen MR) is 265 cm³/mol. The van der Waals surface area contributed by atoms with Gasteiger partial charge in [-0.2, -0.15) is 0 Å². The maximum Gasteiger partial charge on any atom is 0.306 e. The van der Waals surface area contributed by atoms with Crippen molar-refractivity contribution in [1.82, 2.24) is 0 Å². The summed E-state index contributed by atoms with van der Waals surface area (Å²) >= 11 is 0. The molecule has 0 heterocycles. The largest absolute Gasteiger partial charge is 0.462 e. The van der Waals surface area contributed by atoms with Crippen molar-refractivity contribution < 1.29 is 28.6 Å². The molecule has 0 aromatic heterocycles. The Bertz CT molecular complexity index is 1350. The predicted octanol–water partition coefficient (Wildman–Crippen LogP) is 16.1. The van der Waals surface area contributed by atoms with Crippen molar-refractivity contribution in [3.8, 4) is 0 Å². The first kappa shape index (κ1) is 57.8. The summed E-state index contributed by atoms with van der Waals surface area (Å²) in [6.07, 6.45) is 67.6. The molecule has 0 saturated carbocycles. The lowest BCUT2D eigenvalue weighted by molar-refractivity contribution is -0.167. The van der Waals surface area contributed by atoms with Gasteiger partial charge in [0, 0.05) is 19.3 Å². The van der Waals surface area contributed by atoms with Crippen LogP contribution in [0.3, 0.4) is 0 Å². The number of esters is 3. The second-order valence-electron chi connectivity index (χ2n) is 15.7. The minimum absolute atomic E-state index is 0.123. The first-order valence-corrected chi connectivity index (χ1v) is 24.6. The number of hydrogen-bond donors (Lipinski definition) is 0. The first-order valence-electron chi connectivity index (χ1n) is 24.6. The first-order chi connectivity index (χ1) is 30.5. The molecule has 1 unspecified atom stereocenters. The number of unbranched alkanes of at least 4 members (excludes halogenated alkanes) is 14. The summed E-state index contributed by atoms with van der Waals surface area (Å²) < 4.78 is 16.7. The molecule has 348 valence electrons. The third-order valence-electron chi connectivity index (χ3n) is 9.78. The second-order valence-corrected chi connectivity index (χ2v) is 15.7. The Morgan fingerprint density at radius 3 is 1.26 bits per heavy atom. The van der Waals surface area contributed by atoms with Gasteiger partial charge in [-0.25, -0.2) is 0 Å². The smallest absolute Gasteiger partial charge is 0.306 e. The second kappa shape index (κ2) is 49.5. The molecule has 0 saturated heterocycles. The van der Waals surface area contributed by atoms with Crippen LogP contribution >= 0.6 is 0 Å². The molecule has 0 aliphatic carbocycles. The summed E-state index contributed by atoms with van der Waals surface area (Å²) in [4.78, 5) is 37.9. The topological polar surface area (TPSA) is 78.9 Å². The standard InChI is InChI=1S/C56H88O6/c1-4-7-10-13-16-19-22-25-27-28-29-32-34-37-40-43-46-49-55(58)61-52-53(51-60-54(57)48-45-42-39-36-33-30-24-21-18-15-12-9-6-3)62-56(59)50-47-44-41-38-35-31-26-23-20-17-14-11-8-5-2/h8-9,11-12,15-21,24-25,27,29-30,32-33,37,40,53H,4-7,10,13-14,22-23,26,28,31,34-36,38-39,41-52H2,1-3H3/b11-8+,12-9+,18-15+,19-16+,20-17+,24-21+,27-25+,32-29+,33-30+,40-37+. The Hall–Kier alpha value is -4.19. The maximum atomic E-state index is 12.8. The van der Waals surface area contributed by atoms with Crippen molar-refractivity contribution in [2.75, 3.05) is 13.2 Å². The molecular weight excluding hydrogens is 769 g/mol.